The van der Waals surface area contributed by atoms with Crippen LogP contribution in [0.5, 0.6) is 0 Å². The quantitative estimate of drug-likeness (QED) is 0.521. The van der Waals surface area contributed by atoms with E-state index >= 15 is 0 Å². The fourth-order valence-electron chi connectivity index (χ4n) is 1.04. The number of halogens is 4. The SMILES string of the molecule is CCOC(=O)c1ncc(I)c(I)c1C(F)F. The zero-order valence-corrected chi connectivity index (χ0v) is 12.5. The van der Waals surface area contributed by atoms with Crippen LogP contribution in [0.15, 0.2) is 6.20 Å². The lowest BCUT2D eigenvalue weighted by Gasteiger charge is -2.10. The number of carbonyl (C=O) groups is 1. The van der Waals surface area contributed by atoms with E-state index in [0.29, 0.717) is 7.14 Å². The topological polar surface area (TPSA) is 39.2 Å². The number of hydrogen-bond acceptors (Lipinski definition) is 3. The standard InChI is InChI=1S/C9H7F2I2NO2/c1-2-16-9(15)7-5(8(10)11)6(13)4(12)3-14-7/h3,8H,2H2,1H3. The van der Waals surface area contributed by atoms with Gasteiger partial charge in [0, 0.05) is 13.3 Å². The molecule has 0 saturated heterocycles. The van der Waals surface area contributed by atoms with Crippen molar-refractivity contribution in [3.8, 4) is 0 Å². The molecule has 0 aliphatic rings. The van der Waals surface area contributed by atoms with E-state index in [9.17, 15) is 13.6 Å². The summed E-state index contributed by atoms with van der Waals surface area (Å²) in [4.78, 5) is 15.1. The maximum absolute atomic E-state index is 12.8. The van der Waals surface area contributed by atoms with Crippen LogP contribution in [0.2, 0.25) is 0 Å². The fourth-order valence-corrected chi connectivity index (χ4v) is 2.10. The molecule has 0 radical (unpaired) electrons. The molecule has 0 aliphatic carbocycles. The van der Waals surface area contributed by atoms with Gasteiger partial charge in [0.1, 0.15) is 0 Å². The Morgan fingerprint density at radius 3 is 2.69 bits per heavy atom. The molecule has 0 atom stereocenters. The van der Waals surface area contributed by atoms with Crippen LogP contribution in [0.4, 0.5) is 8.78 Å². The lowest BCUT2D eigenvalue weighted by molar-refractivity contribution is 0.0507. The third-order valence-electron chi connectivity index (χ3n) is 1.70. The number of ether oxygens (including phenoxy) is 1. The third-order valence-corrected chi connectivity index (χ3v) is 4.71. The van der Waals surface area contributed by atoms with E-state index in [2.05, 4.69) is 9.72 Å². The summed E-state index contributed by atoms with van der Waals surface area (Å²) in [5.74, 6) is -0.813. The van der Waals surface area contributed by atoms with E-state index in [1.165, 1.54) is 6.20 Å². The van der Waals surface area contributed by atoms with Gasteiger partial charge in [-0.15, -0.1) is 0 Å². The Morgan fingerprint density at radius 1 is 1.56 bits per heavy atom. The molecule has 0 aromatic carbocycles. The van der Waals surface area contributed by atoms with Crippen LogP contribution in [0.25, 0.3) is 0 Å². The van der Waals surface area contributed by atoms with Crippen molar-refractivity contribution in [2.45, 2.75) is 13.3 Å². The molecule has 1 rings (SSSR count). The number of pyridine rings is 1. The number of esters is 1. The van der Waals surface area contributed by atoms with Gasteiger partial charge in [-0.3, -0.25) is 0 Å². The van der Waals surface area contributed by atoms with Gasteiger partial charge in [0.15, 0.2) is 5.69 Å². The first-order valence-electron chi connectivity index (χ1n) is 4.28. The summed E-state index contributed by atoms with van der Waals surface area (Å²) in [7, 11) is 0. The van der Waals surface area contributed by atoms with Gasteiger partial charge in [0.2, 0.25) is 0 Å². The highest BCUT2D eigenvalue weighted by Crippen LogP contribution is 2.30. The molecule has 0 saturated carbocycles. The Morgan fingerprint density at radius 2 is 2.19 bits per heavy atom. The zero-order valence-electron chi connectivity index (χ0n) is 8.14. The summed E-state index contributed by atoms with van der Waals surface area (Å²) in [6, 6.07) is 0. The van der Waals surface area contributed by atoms with Gasteiger partial charge in [0.05, 0.1) is 12.2 Å². The summed E-state index contributed by atoms with van der Waals surface area (Å²) in [6.07, 6.45) is -1.37. The van der Waals surface area contributed by atoms with Crippen molar-refractivity contribution in [2.24, 2.45) is 0 Å². The van der Waals surface area contributed by atoms with Crippen LogP contribution in [-0.2, 0) is 4.74 Å². The molecule has 88 valence electrons. The first kappa shape index (κ1) is 14.0. The Kier molecular flexibility index (Phi) is 5.28. The van der Waals surface area contributed by atoms with Crippen LogP contribution in [0.3, 0.4) is 0 Å². The van der Waals surface area contributed by atoms with Gasteiger partial charge < -0.3 is 4.74 Å². The molecule has 0 fully saturated rings. The predicted molar refractivity (Wildman–Crippen MR) is 70.6 cm³/mol. The highest BCUT2D eigenvalue weighted by molar-refractivity contribution is 14.1. The van der Waals surface area contributed by atoms with Gasteiger partial charge in [-0.1, -0.05) is 0 Å². The first-order chi connectivity index (χ1) is 7.49. The minimum Gasteiger partial charge on any atom is -0.461 e. The van der Waals surface area contributed by atoms with Crippen LogP contribution in [0.1, 0.15) is 29.4 Å². The molecule has 1 aromatic rings. The fraction of sp³-hybridized carbons (Fsp3) is 0.333. The lowest BCUT2D eigenvalue weighted by atomic mass is 10.2. The maximum Gasteiger partial charge on any atom is 0.357 e. The van der Waals surface area contributed by atoms with E-state index in [4.69, 9.17) is 0 Å². The molecule has 1 heterocycles. The Hall–Kier alpha value is -0.0600. The predicted octanol–water partition coefficient (Wildman–Crippen LogP) is 3.41. The average Bonchev–Trinajstić information content (AvgIpc) is 2.21. The number of carbonyl (C=O) groups excluding carboxylic acids is 1. The Bertz CT molecular complexity index is 413. The molecule has 1 aromatic heterocycles. The Balaban J connectivity index is 3.28. The number of aromatic nitrogens is 1. The normalized spacial score (nSPS) is 10.6. The van der Waals surface area contributed by atoms with E-state index in [1.54, 1.807) is 29.5 Å². The summed E-state index contributed by atoms with van der Waals surface area (Å²) in [5, 5.41) is 0. The minimum absolute atomic E-state index is 0.131. The van der Waals surface area contributed by atoms with Gasteiger partial charge in [-0.25, -0.2) is 18.6 Å². The van der Waals surface area contributed by atoms with Crippen LogP contribution < -0.4 is 0 Å². The summed E-state index contributed by atoms with van der Waals surface area (Å²) < 4.78 is 31.2. The van der Waals surface area contributed by atoms with Gasteiger partial charge in [0.25, 0.3) is 6.43 Å². The summed E-state index contributed by atoms with van der Waals surface area (Å²) in [6.45, 7) is 1.74. The van der Waals surface area contributed by atoms with Gasteiger partial charge in [-0.05, 0) is 52.1 Å². The van der Waals surface area contributed by atoms with Crippen molar-refractivity contribution < 1.29 is 18.3 Å². The van der Waals surface area contributed by atoms with Crippen molar-refractivity contribution in [2.75, 3.05) is 6.61 Å². The second-order valence-electron chi connectivity index (χ2n) is 2.70. The number of alkyl halides is 2. The lowest BCUT2D eigenvalue weighted by Crippen LogP contribution is -2.13. The van der Waals surface area contributed by atoms with Gasteiger partial charge >= 0.3 is 5.97 Å². The van der Waals surface area contributed by atoms with Crippen molar-refractivity contribution >= 4 is 51.2 Å². The van der Waals surface area contributed by atoms with Gasteiger partial charge in [-0.2, -0.15) is 0 Å². The Labute approximate surface area is 118 Å². The third kappa shape index (κ3) is 2.99. The van der Waals surface area contributed by atoms with Crippen molar-refractivity contribution in [3.63, 3.8) is 0 Å². The highest BCUT2D eigenvalue weighted by Gasteiger charge is 2.25. The van der Waals surface area contributed by atoms with E-state index in [0.717, 1.165) is 0 Å². The molecule has 16 heavy (non-hydrogen) atoms. The number of rotatable bonds is 3. The molecule has 7 heteroatoms. The van der Waals surface area contributed by atoms with E-state index in [1.807, 2.05) is 22.6 Å². The zero-order chi connectivity index (χ0) is 12.3. The minimum atomic E-state index is -2.74. The van der Waals surface area contributed by atoms with E-state index < -0.39 is 12.4 Å². The second kappa shape index (κ2) is 6.03. The molecular weight excluding hydrogens is 446 g/mol. The molecule has 3 nitrogen and oxygen atoms in total. The summed E-state index contributed by atoms with van der Waals surface area (Å²) in [5.41, 5.74) is -0.660. The van der Waals surface area contributed by atoms with Crippen molar-refractivity contribution in [1.82, 2.24) is 4.98 Å². The van der Waals surface area contributed by atoms with Crippen LogP contribution >= 0.6 is 45.2 Å². The van der Waals surface area contributed by atoms with Crippen LogP contribution in [0, 0.1) is 7.14 Å². The second-order valence-corrected chi connectivity index (χ2v) is 4.94. The van der Waals surface area contributed by atoms with Crippen LogP contribution in [-0.4, -0.2) is 17.6 Å². The molecule has 0 amide bonds. The molecule has 0 unspecified atom stereocenters. The first-order valence-corrected chi connectivity index (χ1v) is 6.44. The molecule has 0 N–H and O–H groups in total. The van der Waals surface area contributed by atoms with Crippen molar-refractivity contribution in [1.29, 1.82) is 0 Å². The van der Waals surface area contributed by atoms with E-state index in [-0.39, 0.29) is 17.9 Å². The molecular formula is C9H7F2I2NO2. The van der Waals surface area contributed by atoms with Crippen molar-refractivity contribution in [3.05, 3.63) is 24.6 Å². The molecule has 0 bridgehead atoms. The largest absolute Gasteiger partial charge is 0.461 e. The maximum atomic E-state index is 12.8. The molecule has 0 spiro atoms. The average molecular weight is 453 g/mol. The summed E-state index contributed by atoms with van der Waals surface area (Å²) >= 11 is 3.66. The smallest absolute Gasteiger partial charge is 0.357 e. The highest BCUT2D eigenvalue weighted by atomic mass is 127. The monoisotopic (exact) mass is 453 g/mol. The number of hydrogen-bond donors (Lipinski definition) is 0. The molecule has 0 aliphatic heterocycles. The number of nitrogens with zero attached hydrogens (tertiary/aromatic N) is 1.